The SMILES string of the molecule is CC(C)N1CCCC1.CC(C)N1CCCCC1.CC(C)N1CCOCC1.CC(C)N1CCS(=O)(=O)CC1.CC(C)n1ccnc1. The molecule has 1 aromatic heterocycles. The molecule has 0 radical (unpaired) electrons. The summed E-state index contributed by atoms with van der Waals surface area (Å²) in [6.45, 7) is 32.8. The van der Waals surface area contributed by atoms with Gasteiger partial charge in [-0.05, 0) is 121 Å². The van der Waals surface area contributed by atoms with Crippen molar-refractivity contribution in [3.63, 3.8) is 0 Å². The highest BCUT2D eigenvalue weighted by atomic mass is 32.2. The molecule has 266 valence electrons. The van der Waals surface area contributed by atoms with Gasteiger partial charge >= 0.3 is 0 Å². The molecule has 5 rings (SSSR count). The molecule has 10 heteroatoms. The van der Waals surface area contributed by atoms with Crippen LogP contribution in [-0.4, -0.2) is 139 Å². The molecule has 0 spiro atoms. The molecule has 0 bridgehead atoms. The van der Waals surface area contributed by atoms with Crippen molar-refractivity contribution >= 4 is 9.84 Å². The molecule has 0 saturated carbocycles. The number of aromatic nitrogens is 2. The molecular weight excluding hydrogens is 584 g/mol. The van der Waals surface area contributed by atoms with E-state index in [0.717, 1.165) is 38.4 Å². The summed E-state index contributed by atoms with van der Waals surface area (Å²) in [6.07, 6.45) is 12.7. The fraction of sp³-hybridized carbons (Fsp3) is 0.914. The molecule has 4 saturated heterocycles. The summed E-state index contributed by atoms with van der Waals surface area (Å²) in [7, 11) is -2.69. The summed E-state index contributed by atoms with van der Waals surface area (Å²) in [6, 6.07) is 3.25. The summed E-state index contributed by atoms with van der Waals surface area (Å²) < 4.78 is 29.2. The third-order valence-corrected chi connectivity index (χ3v) is 10.6. The van der Waals surface area contributed by atoms with E-state index >= 15 is 0 Å². The lowest BCUT2D eigenvalue weighted by Crippen LogP contribution is -2.43. The number of hydrogen-bond acceptors (Lipinski definition) is 8. The Balaban J connectivity index is 0.000000283. The van der Waals surface area contributed by atoms with Gasteiger partial charge in [-0.25, -0.2) is 13.4 Å². The predicted octanol–water partition coefficient (Wildman–Crippen LogP) is 5.69. The van der Waals surface area contributed by atoms with Gasteiger partial charge in [0.2, 0.25) is 0 Å². The molecule has 0 aromatic carbocycles. The Hall–Kier alpha value is -1.04. The maximum atomic E-state index is 11.0. The van der Waals surface area contributed by atoms with Gasteiger partial charge < -0.3 is 19.1 Å². The summed E-state index contributed by atoms with van der Waals surface area (Å²) >= 11 is 0. The molecule has 45 heavy (non-hydrogen) atoms. The van der Waals surface area contributed by atoms with E-state index in [-0.39, 0.29) is 0 Å². The maximum absolute atomic E-state index is 11.0. The van der Waals surface area contributed by atoms with Crippen molar-refractivity contribution in [1.82, 2.24) is 29.2 Å². The third-order valence-electron chi connectivity index (χ3n) is 9.00. The van der Waals surface area contributed by atoms with E-state index in [2.05, 4.69) is 98.4 Å². The van der Waals surface area contributed by atoms with Crippen LogP contribution in [0.2, 0.25) is 0 Å². The quantitative estimate of drug-likeness (QED) is 0.401. The summed E-state index contributed by atoms with van der Waals surface area (Å²) in [5, 5.41) is 0. The fourth-order valence-electron chi connectivity index (χ4n) is 5.60. The van der Waals surface area contributed by atoms with Gasteiger partial charge in [0.05, 0.1) is 31.0 Å². The number of morpholine rings is 1. The number of sulfone groups is 1. The first-order valence-electron chi connectivity index (χ1n) is 17.9. The van der Waals surface area contributed by atoms with E-state index in [1.807, 2.05) is 12.5 Å². The van der Waals surface area contributed by atoms with E-state index in [1.165, 1.54) is 58.3 Å². The lowest BCUT2D eigenvalue weighted by molar-refractivity contribution is 0.0238. The highest BCUT2D eigenvalue weighted by Gasteiger charge is 2.22. The summed E-state index contributed by atoms with van der Waals surface area (Å²) in [4.78, 5) is 13.6. The van der Waals surface area contributed by atoms with Crippen molar-refractivity contribution in [2.75, 3.05) is 77.1 Å². The van der Waals surface area contributed by atoms with Crippen LogP contribution in [0.3, 0.4) is 0 Å². The number of ether oxygens (including phenoxy) is 1. The van der Waals surface area contributed by atoms with E-state index in [4.69, 9.17) is 4.74 Å². The summed E-state index contributed by atoms with van der Waals surface area (Å²) in [5.74, 6) is 0.677. The second kappa shape index (κ2) is 23.3. The molecule has 5 heterocycles. The van der Waals surface area contributed by atoms with E-state index in [9.17, 15) is 8.42 Å². The van der Waals surface area contributed by atoms with Crippen LogP contribution >= 0.6 is 0 Å². The number of nitrogens with zero attached hydrogens (tertiary/aromatic N) is 6. The van der Waals surface area contributed by atoms with Gasteiger partial charge in [-0.3, -0.25) is 9.80 Å². The van der Waals surface area contributed by atoms with Crippen LogP contribution < -0.4 is 0 Å². The Morgan fingerprint density at radius 2 is 0.911 bits per heavy atom. The zero-order valence-electron chi connectivity index (χ0n) is 31.0. The largest absolute Gasteiger partial charge is 0.379 e. The van der Waals surface area contributed by atoms with Crippen LogP contribution in [0.25, 0.3) is 0 Å². The van der Waals surface area contributed by atoms with Crippen molar-refractivity contribution in [2.24, 2.45) is 0 Å². The number of hydrogen-bond donors (Lipinski definition) is 0. The van der Waals surface area contributed by atoms with Crippen LogP contribution in [0.15, 0.2) is 18.7 Å². The molecule has 4 aliphatic rings. The zero-order valence-corrected chi connectivity index (χ0v) is 31.8. The van der Waals surface area contributed by atoms with E-state index < -0.39 is 9.84 Å². The first-order valence-corrected chi connectivity index (χ1v) is 19.8. The normalized spacial score (nSPS) is 21.4. The van der Waals surface area contributed by atoms with Gasteiger partial charge in [0.1, 0.15) is 0 Å². The Morgan fingerprint density at radius 1 is 0.533 bits per heavy atom. The van der Waals surface area contributed by atoms with Crippen LogP contribution in [-0.2, 0) is 14.6 Å². The Labute approximate surface area is 279 Å². The minimum absolute atomic E-state index is 0.338. The topological polar surface area (TPSA) is 74.2 Å². The lowest BCUT2D eigenvalue weighted by Gasteiger charge is -2.29. The Bertz CT molecular complexity index is 883. The molecule has 9 nitrogen and oxygen atoms in total. The zero-order chi connectivity index (χ0) is 33.8. The van der Waals surface area contributed by atoms with Crippen molar-refractivity contribution in [1.29, 1.82) is 0 Å². The van der Waals surface area contributed by atoms with Crippen molar-refractivity contribution < 1.29 is 13.2 Å². The smallest absolute Gasteiger partial charge is 0.152 e. The highest BCUT2D eigenvalue weighted by molar-refractivity contribution is 7.91. The first-order chi connectivity index (χ1) is 21.2. The van der Waals surface area contributed by atoms with E-state index in [1.54, 1.807) is 6.20 Å². The molecule has 0 N–H and O–H groups in total. The van der Waals surface area contributed by atoms with Gasteiger partial charge in [-0.1, -0.05) is 6.42 Å². The van der Waals surface area contributed by atoms with E-state index in [0.29, 0.717) is 42.7 Å². The van der Waals surface area contributed by atoms with Crippen molar-refractivity contribution in [3.05, 3.63) is 18.7 Å². The highest BCUT2D eigenvalue weighted by Crippen LogP contribution is 2.11. The second-order valence-corrected chi connectivity index (χ2v) is 16.5. The first kappa shape index (κ1) is 42.0. The monoisotopic (exact) mass is 657 g/mol. The number of piperidine rings is 1. The minimum Gasteiger partial charge on any atom is -0.379 e. The minimum atomic E-state index is -2.69. The number of imidazole rings is 1. The molecule has 1 aromatic rings. The summed E-state index contributed by atoms with van der Waals surface area (Å²) in [5.41, 5.74) is 0. The molecule has 4 aliphatic heterocycles. The van der Waals surface area contributed by atoms with Gasteiger partial charge in [-0.15, -0.1) is 0 Å². The van der Waals surface area contributed by atoms with Crippen LogP contribution in [0.4, 0.5) is 0 Å². The predicted molar refractivity (Wildman–Crippen MR) is 192 cm³/mol. The molecule has 4 fully saturated rings. The molecule has 0 aliphatic carbocycles. The standard InChI is InChI=1S/C8H17N.C7H15NO2S.C7H15NO.C7H15N.C6H10N2/c1-8(2)9-6-4-3-5-7-9;1-7(2)8-3-5-11(9,10)6-4-8;1-7(2)8-3-5-9-6-4-8;1-7(2)8-5-3-4-6-8;1-6(2)8-4-3-7-5-8/h8H,3-7H2,1-2H3;7H,3-6H2,1-2H3;7H,3-6H2,1-2H3;7H,3-6H2,1-2H3;3-6H,1-2H3. The third kappa shape index (κ3) is 19.4. The van der Waals surface area contributed by atoms with Crippen LogP contribution in [0.1, 0.15) is 107 Å². The van der Waals surface area contributed by atoms with Crippen LogP contribution in [0.5, 0.6) is 0 Å². The van der Waals surface area contributed by atoms with Crippen molar-refractivity contribution in [2.45, 2.75) is 132 Å². The maximum Gasteiger partial charge on any atom is 0.152 e. The molecule has 0 amide bonds. The number of rotatable bonds is 5. The number of likely N-dealkylation sites (tertiary alicyclic amines) is 2. The fourth-order valence-corrected chi connectivity index (χ4v) is 6.83. The second-order valence-electron chi connectivity index (χ2n) is 14.2. The van der Waals surface area contributed by atoms with Gasteiger partial charge in [0.15, 0.2) is 9.84 Å². The van der Waals surface area contributed by atoms with Crippen LogP contribution in [0, 0.1) is 0 Å². The molecule has 0 atom stereocenters. The van der Waals surface area contributed by atoms with Gasteiger partial charge in [-0.2, -0.15) is 0 Å². The Kier molecular flexibility index (Phi) is 21.7. The average Bonchev–Trinajstić information content (AvgIpc) is 3.75. The van der Waals surface area contributed by atoms with Gasteiger partial charge in [0, 0.05) is 68.8 Å². The molecular formula is C35H72N6O3S. The van der Waals surface area contributed by atoms with Gasteiger partial charge in [0.25, 0.3) is 0 Å². The van der Waals surface area contributed by atoms with Crippen molar-refractivity contribution in [3.8, 4) is 0 Å². The Morgan fingerprint density at radius 3 is 1.20 bits per heavy atom. The lowest BCUT2D eigenvalue weighted by atomic mass is 10.1. The molecule has 0 unspecified atom stereocenters. The average molecular weight is 657 g/mol.